The molecule has 0 fully saturated rings. The molecule has 1 aliphatic rings. The van der Waals surface area contributed by atoms with E-state index in [1.54, 1.807) is 7.05 Å². The zero-order valence-electron chi connectivity index (χ0n) is 17.3. The minimum atomic E-state index is -0.223. The Labute approximate surface area is 195 Å². The van der Waals surface area contributed by atoms with Crippen molar-refractivity contribution in [2.45, 2.75) is 12.5 Å². The number of hydrogen-bond acceptors (Lipinski definition) is 3. The molecule has 5 nitrogen and oxygen atoms in total. The SMILES string of the molecule is Cn1nc2n(c1=O)NC(Cc1ccccc1)C(c1ccc(Cl)cc1)=C2c1ccc(Cl)cc1. The van der Waals surface area contributed by atoms with Crippen LogP contribution in [-0.4, -0.2) is 20.5 Å². The van der Waals surface area contributed by atoms with Gasteiger partial charge in [-0.3, -0.25) is 0 Å². The number of fused-ring (bicyclic) bond motifs is 1. The number of benzene rings is 3. The first-order valence-corrected chi connectivity index (χ1v) is 11.0. The molecule has 2 heterocycles. The molecule has 0 radical (unpaired) electrons. The normalized spacial score (nSPS) is 15.4. The van der Waals surface area contributed by atoms with Crippen LogP contribution in [0.5, 0.6) is 0 Å². The van der Waals surface area contributed by atoms with Crippen LogP contribution in [0.25, 0.3) is 11.1 Å². The standard InChI is InChI=1S/C25H20Cl2N4O/c1-30-25(32)31-24(29-30)23(18-9-13-20(27)14-10-18)22(17-7-11-19(26)12-8-17)21(28-31)15-16-5-3-2-4-6-16/h2-14,21,28H,15H2,1H3. The smallest absolute Gasteiger partial charge is 0.312 e. The molecule has 4 aromatic rings. The van der Waals surface area contributed by atoms with Crippen LogP contribution < -0.4 is 11.1 Å². The minimum absolute atomic E-state index is 0.168. The van der Waals surface area contributed by atoms with Gasteiger partial charge >= 0.3 is 5.69 Å². The van der Waals surface area contributed by atoms with Crippen molar-refractivity contribution in [1.29, 1.82) is 0 Å². The Kier molecular flexibility index (Phi) is 5.37. The van der Waals surface area contributed by atoms with E-state index in [-0.39, 0.29) is 11.7 Å². The molecule has 3 aromatic carbocycles. The van der Waals surface area contributed by atoms with Crippen LogP contribution in [0.1, 0.15) is 22.5 Å². The highest BCUT2D eigenvalue weighted by molar-refractivity contribution is 6.31. The van der Waals surface area contributed by atoms with E-state index in [9.17, 15) is 4.79 Å². The maximum absolute atomic E-state index is 12.9. The lowest BCUT2D eigenvalue weighted by molar-refractivity contribution is 0.678. The highest BCUT2D eigenvalue weighted by Crippen LogP contribution is 2.37. The third-order valence-corrected chi connectivity index (χ3v) is 6.13. The summed E-state index contributed by atoms with van der Waals surface area (Å²) in [6.07, 6.45) is 0.691. The molecule has 5 rings (SSSR count). The average molecular weight is 463 g/mol. The highest BCUT2D eigenvalue weighted by atomic mass is 35.5. The summed E-state index contributed by atoms with van der Waals surface area (Å²) < 4.78 is 2.89. The van der Waals surface area contributed by atoms with Gasteiger partial charge in [0.25, 0.3) is 0 Å². The topological polar surface area (TPSA) is 51.9 Å². The second-order valence-corrected chi connectivity index (χ2v) is 8.61. The fraction of sp³-hybridized carbons (Fsp3) is 0.120. The van der Waals surface area contributed by atoms with Crippen LogP contribution in [0.4, 0.5) is 0 Å². The van der Waals surface area contributed by atoms with Gasteiger partial charge in [0, 0.05) is 22.7 Å². The first-order chi connectivity index (χ1) is 15.5. The lowest BCUT2D eigenvalue weighted by atomic mass is 9.85. The van der Waals surface area contributed by atoms with E-state index < -0.39 is 0 Å². The Morgan fingerprint density at radius 1 is 0.875 bits per heavy atom. The first-order valence-electron chi connectivity index (χ1n) is 10.2. The van der Waals surface area contributed by atoms with Crippen molar-refractivity contribution < 1.29 is 0 Å². The number of nitrogens with one attached hydrogen (secondary N) is 1. The Morgan fingerprint density at radius 3 is 2.09 bits per heavy atom. The fourth-order valence-electron chi connectivity index (χ4n) is 4.13. The molecule has 0 saturated carbocycles. The van der Waals surface area contributed by atoms with E-state index in [0.29, 0.717) is 22.3 Å². The molecule has 1 aromatic heterocycles. The summed E-state index contributed by atoms with van der Waals surface area (Å²) in [5.74, 6) is 0.564. The highest BCUT2D eigenvalue weighted by Gasteiger charge is 2.32. The molecular weight excluding hydrogens is 443 g/mol. The predicted molar refractivity (Wildman–Crippen MR) is 130 cm³/mol. The molecule has 0 aliphatic carbocycles. The third-order valence-electron chi connectivity index (χ3n) is 5.62. The fourth-order valence-corrected chi connectivity index (χ4v) is 4.38. The molecule has 1 aliphatic heterocycles. The summed E-state index contributed by atoms with van der Waals surface area (Å²) in [5, 5.41) is 5.87. The molecule has 0 amide bonds. The molecule has 32 heavy (non-hydrogen) atoms. The van der Waals surface area contributed by atoms with Crippen LogP contribution in [0.15, 0.2) is 83.7 Å². The quantitative estimate of drug-likeness (QED) is 0.463. The van der Waals surface area contributed by atoms with Crippen molar-refractivity contribution >= 4 is 34.3 Å². The number of aromatic nitrogens is 3. The number of hydrogen-bond donors (Lipinski definition) is 1. The van der Waals surface area contributed by atoms with Gasteiger partial charge in [-0.2, -0.15) is 4.68 Å². The molecule has 7 heteroatoms. The van der Waals surface area contributed by atoms with Gasteiger partial charge < -0.3 is 5.43 Å². The number of aryl methyl sites for hydroxylation is 1. The van der Waals surface area contributed by atoms with Crippen LogP contribution >= 0.6 is 23.2 Å². The number of nitrogens with zero attached hydrogens (tertiary/aromatic N) is 3. The van der Waals surface area contributed by atoms with E-state index in [4.69, 9.17) is 23.2 Å². The number of rotatable bonds is 4. The average Bonchev–Trinajstić information content (AvgIpc) is 3.08. The van der Waals surface area contributed by atoms with Gasteiger partial charge in [-0.05, 0) is 52.9 Å². The third kappa shape index (κ3) is 3.74. The molecule has 160 valence electrons. The minimum Gasteiger partial charge on any atom is -0.312 e. The Hall–Kier alpha value is -3.28. The largest absolute Gasteiger partial charge is 0.364 e. The molecule has 0 saturated heterocycles. The summed E-state index contributed by atoms with van der Waals surface area (Å²) in [7, 11) is 1.66. The van der Waals surface area contributed by atoms with Crippen LogP contribution in [0.2, 0.25) is 10.0 Å². The maximum atomic E-state index is 12.9. The van der Waals surface area contributed by atoms with E-state index in [1.807, 2.05) is 66.7 Å². The van der Waals surface area contributed by atoms with E-state index in [1.165, 1.54) is 9.36 Å². The van der Waals surface area contributed by atoms with E-state index in [0.717, 1.165) is 27.8 Å². The monoisotopic (exact) mass is 462 g/mol. The lowest BCUT2D eigenvalue weighted by Gasteiger charge is -2.31. The van der Waals surface area contributed by atoms with Gasteiger partial charge in [-0.15, -0.1) is 5.10 Å². The Morgan fingerprint density at radius 2 is 1.47 bits per heavy atom. The van der Waals surface area contributed by atoms with E-state index in [2.05, 4.69) is 22.7 Å². The van der Waals surface area contributed by atoms with E-state index >= 15 is 0 Å². The maximum Gasteiger partial charge on any atom is 0.364 e. The summed E-state index contributed by atoms with van der Waals surface area (Å²) >= 11 is 12.4. The van der Waals surface area contributed by atoms with Crippen molar-refractivity contribution in [2.24, 2.45) is 7.05 Å². The second kappa shape index (κ2) is 8.34. The van der Waals surface area contributed by atoms with Gasteiger partial charge in [0.1, 0.15) is 0 Å². The molecule has 1 atom stereocenters. The van der Waals surface area contributed by atoms with Crippen LogP contribution in [0, 0.1) is 0 Å². The van der Waals surface area contributed by atoms with Crippen LogP contribution in [-0.2, 0) is 13.5 Å². The van der Waals surface area contributed by atoms with Crippen LogP contribution in [0.3, 0.4) is 0 Å². The molecule has 0 spiro atoms. The molecule has 0 bridgehead atoms. The van der Waals surface area contributed by atoms with Gasteiger partial charge in [-0.25, -0.2) is 9.48 Å². The zero-order valence-corrected chi connectivity index (χ0v) is 18.8. The lowest BCUT2D eigenvalue weighted by Crippen LogP contribution is -2.42. The van der Waals surface area contributed by atoms with Gasteiger partial charge in [0.15, 0.2) is 5.82 Å². The Bertz CT molecular complexity index is 1350. The summed E-state index contributed by atoms with van der Waals surface area (Å²) in [4.78, 5) is 12.9. The summed E-state index contributed by atoms with van der Waals surface area (Å²) in [5.41, 5.74) is 8.23. The van der Waals surface area contributed by atoms with Gasteiger partial charge in [0.05, 0.1) is 6.04 Å². The van der Waals surface area contributed by atoms with Crippen molar-refractivity contribution in [3.8, 4) is 0 Å². The van der Waals surface area contributed by atoms with Crippen molar-refractivity contribution in [3.05, 3.63) is 122 Å². The number of halogens is 2. The summed E-state index contributed by atoms with van der Waals surface area (Å²) in [6.45, 7) is 0. The molecule has 1 N–H and O–H groups in total. The molecule has 1 unspecified atom stereocenters. The van der Waals surface area contributed by atoms with Crippen molar-refractivity contribution in [1.82, 2.24) is 14.5 Å². The van der Waals surface area contributed by atoms with Gasteiger partial charge in [-0.1, -0.05) is 77.8 Å². The predicted octanol–water partition coefficient (Wildman–Crippen LogP) is 5.02. The second-order valence-electron chi connectivity index (χ2n) is 7.74. The van der Waals surface area contributed by atoms with Crippen molar-refractivity contribution in [3.63, 3.8) is 0 Å². The zero-order chi connectivity index (χ0) is 22.2. The van der Waals surface area contributed by atoms with Gasteiger partial charge in [0.2, 0.25) is 0 Å². The molecular formula is C25H20Cl2N4O. The van der Waals surface area contributed by atoms with Crippen molar-refractivity contribution in [2.75, 3.05) is 5.43 Å². The summed E-state index contributed by atoms with van der Waals surface area (Å²) in [6, 6.07) is 25.4. The first kappa shape index (κ1) is 20.6. The Balaban J connectivity index is 1.79.